The average Bonchev–Trinajstić information content (AvgIpc) is 2.32. The van der Waals surface area contributed by atoms with Gasteiger partial charge in [0.25, 0.3) is 0 Å². The second-order valence-electron chi connectivity index (χ2n) is 6.25. The number of hydrogen-bond acceptors (Lipinski definition) is 2. The molecule has 1 unspecified atom stereocenters. The van der Waals surface area contributed by atoms with Gasteiger partial charge in [0.1, 0.15) is 5.75 Å². The van der Waals surface area contributed by atoms with Crippen molar-refractivity contribution in [3.63, 3.8) is 0 Å². The zero-order valence-electron chi connectivity index (χ0n) is 11.8. The Kier molecular flexibility index (Phi) is 3.96. The number of rotatable bonds is 3. The van der Waals surface area contributed by atoms with Crippen LogP contribution >= 0.6 is 0 Å². The molecule has 0 amide bonds. The summed E-state index contributed by atoms with van der Waals surface area (Å²) in [5, 5.41) is 13.7. The van der Waals surface area contributed by atoms with Gasteiger partial charge in [0.05, 0.1) is 0 Å². The highest BCUT2D eigenvalue weighted by atomic mass is 16.3. The average molecular weight is 247 g/mol. The molecule has 1 aliphatic rings. The summed E-state index contributed by atoms with van der Waals surface area (Å²) in [5.41, 5.74) is 2.34. The Bertz CT molecular complexity index is 412. The topological polar surface area (TPSA) is 32.3 Å². The number of benzene rings is 1. The smallest absolute Gasteiger partial charge is 0.122 e. The number of phenolic OH excluding ortho intramolecular Hbond substituents is 1. The van der Waals surface area contributed by atoms with Crippen molar-refractivity contribution in [3.05, 3.63) is 29.3 Å². The maximum atomic E-state index is 10.0. The minimum Gasteiger partial charge on any atom is -0.507 e. The highest BCUT2D eigenvalue weighted by Crippen LogP contribution is 2.35. The summed E-state index contributed by atoms with van der Waals surface area (Å²) in [6.45, 7) is 7.41. The van der Waals surface area contributed by atoms with Gasteiger partial charge >= 0.3 is 0 Å². The quantitative estimate of drug-likeness (QED) is 0.852. The van der Waals surface area contributed by atoms with Crippen molar-refractivity contribution in [1.82, 2.24) is 5.32 Å². The van der Waals surface area contributed by atoms with Crippen molar-refractivity contribution >= 4 is 0 Å². The van der Waals surface area contributed by atoms with Crippen LogP contribution in [0.5, 0.6) is 5.75 Å². The van der Waals surface area contributed by atoms with E-state index in [0.717, 1.165) is 17.7 Å². The predicted molar refractivity (Wildman–Crippen MR) is 75.7 cm³/mol. The highest BCUT2D eigenvalue weighted by molar-refractivity contribution is 5.39. The molecule has 0 saturated heterocycles. The van der Waals surface area contributed by atoms with Crippen LogP contribution in [0.3, 0.4) is 0 Å². The van der Waals surface area contributed by atoms with Gasteiger partial charge in [-0.3, -0.25) is 0 Å². The molecule has 100 valence electrons. The lowest BCUT2D eigenvalue weighted by Gasteiger charge is -2.39. The third kappa shape index (κ3) is 2.86. The van der Waals surface area contributed by atoms with E-state index in [1.54, 1.807) is 0 Å². The molecule has 0 bridgehead atoms. The Morgan fingerprint density at radius 3 is 2.83 bits per heavy atom. The monoisotopic (exact) mass is 247 g/mol. The zero-order valence-corrected chi connectivity index (χ0v) is 11.8. The van der Waals surface area contributed by atoms with E-state index >= 15 is 0 Å². The van der Waals surface area contributed by atoms with Crippen molar-refractivity contribution in [2.75, 3.05) is 0 Å². The SMILES string of the molecule is Cc1cccc(CNC2CCCCC2(C)C)c1O. The summed E-state index contributed by atoms with van der Waals surface area (Å²) in [4.78, 5) is 0. The lowest BCUT2D eigenvalue weighted by atomic mass is 9.73. The maximum Gasteiger partial charge on any atom is 0.122 e. The minimum atomic E-state index is 0.373. The van der Waals surface area contributed by atoms with Gasteiger partial charge in [-0.1, -0.05) is 44.9 Å². The van der Waals surface area contributed by atoms with Gasteiger partial charge in [0, 0.05) is 18.2 Å². The largest absolute Gasteiger partial charge is 0.507 e. The summed E-state index contributed by atoms with van der Waals surface area (Å²) in [5.74, 6) is 0.443. The Labute approximate surface area is 110 Å². The number of phenols is 1. The molecule has 2 rings (SSSR count). The fraction of sp³-hybridized carbons (Fsp3) is 0.625. The van der Waals surface area contributed by atoms with E-state index < -0.39 is 0 Å². The van der Waals surface area contributed by atoms with Gasteiger partial charge in [-0.15, -0.1) is 0 Å². The van der Waals surface area contributed by atoms with Crippen LogP contribution in [0.1, 0.15) is 50.7 Å². The first-order chi connectivity index (χ1) is 8.50. The first kappa shape index (κ1) is 13.4. The normalized spacial score (nSPS) is 22.9. The molecule has 0 spiro atoms. The molecule has 1 atom stereocenters. The van der Waals surface area contributed by atoms with Crippen molar-refractivity contribution < 1.29 is 5.11 Å². The maximum absolute atomic E-state index is 10.0. The molecule has 1 fully saturated rings. The molecule has 1 aliphatic carbocycles. The van der Waals surface area contributed by atoms with E-state index in [0.29, 0.717) is 17.2 Å². The van der Waals surface area contributed by atoms with Crippen LogP contribution in [0.25, 0.3) is 0 Å². The molecular weight excluding hydrogens is 222 g/mol. The van der Waals surface area contributed by atoms with E-state index in [2.05, 4.69) is 19.2 Å². The lowest BCUT2D eigenvalue weighted by molar-refractivity contribution is 0.166. The Balaban J connectivity index is 2.00. The van der Waals surface area contributed by atoms with Gasteiger partial charge in [0.15, 0.2) is 0 Å². The molecule has 18 heavy (non-hydrogen) atoms. The van der Waals surface area contributed by atoms with E-state index in [1.807, 2.05) is 25.1 Å². The Morgan fingerprint density at radius 1 is 1.33 bits per heavy atom. The number of hydrogen-bond donors (Lipinski definition) is 2. The second-order valence-corrected chi connectivity index (χ2v) is 6.25. The van der Waals surface area contributed by atoms with Crippen LogP contribution in [0, 0.1) is 12.3 Å². The molecule has 0 radical (unpaired) electrons. The predicted octanol–water partition coefficient (Wildman–Crippen LogP) is 3.76. The standard InChI is InChI=1S/C16H25NO/c1-12-7-6-8-13(15(12)18)11-17-14-9-4-5-10-16(14,2)3/h6-8,14,17-18H,4-5,9-11H2,1-3H3. The Hall–Kier alpha value is -1.02. The van der Waals surface area contributed by atoms with Crippen LogP contribution in [0.15, 0.2) is 18.2 Å². The molecule has 1 aromatic rings. The first-order valence-electron chi connectivity index (χ1n) is 7.01. The molecular formula is C16H25NO. The van der Waals surface area contributed by atoms with E-state index in [-0.39, 0.29) is 0 Å². The number of aromatic hydroxyl groups is 1. The Morgan fingerprint density at radius 2 is 2.11 bits per heavy atom. The first-order valence-corrected chi connectivity index (χ1v) is 7.01. The number of para-hydroxylation sites is 1. The molecule has 1 saturated carbocycles. The lowest BCUT2D eigenvalue weighted by Crippen LogP contribution is -2.43. The van der Waals surface area contributed by atoms with Crippen LogP contribution in [-0.2, 0) is 6.54 Å². The van der Waals surface area contributed by atoms with Crippen LogP contribution < -0.4 is 5.32 Å². The summed E-state index contributed by atoms with van der Waals surface area (Å²) < 4.78 is 0. The van der Waals surface area contributed by atoms with Crippen LogP contribution in [-0.4, -0.2) is 11.1 Å². The molecule has 2 heteroatoms. The van der Waals surface area contributed by atoms with E-state index in [9.17, 15) is 5.11 Å². The van der Waals surface area contributed by atoms with Gasteiger partial charge in [-0.25, -0.2) is 0 Å². The summed E-state index contributed by atoms with van der Waals surface area (Å²) in [7, 11) is 0. The number of nitrogens with one attached hydrogen (secondary N) is 1. The molecule has 0 aromatic heterocycles. The van der Waals surface area contributed by atoms with E-state index in [4.69, 9.17) is 0 Å². The summed E-state index contributed by atoms with van der Waals surface area (Å²) in [6.07, 6.45) is 5.21. The second kappa shape index (κ2) is 5.31. The van der Waals surface area contributed by atoms with Gasteiger partial charge in [0.2, 0.25) is 0 Å². The summed E-state index contributed by atoms with van der Waals surface area (Å²) >= 11 is 0. The van der Waals surface area contributed by atoms with Crippen molar-refractivity contribution in [1.29, 1.82) is 0 Å². The van der Waals surface area contributed by atoms with Crippen LogP contribution in [0.4, 0.5) is 0 Å². The van der Waals surface area contributed by atoms with Gasteiger partial charge in [-0.05, 0) is 30.7 Å². The fourth-order valence-corrected chi connectivity index (χ4v) is 2.97. The molecule has 2 N–H and O–H groups in total. The highest BCUT2D eigenvalue weighted by Gasteiger charge is 2.31. The molecule has 0 aliphatic heterocycles. The minimum absolute atomic E-state index is 0.373. The third-order valence-corrected chi connectivity index (χ3v) is 4.37. The zero-order chi connectivity index (χ0) is 13.2. The molecule has 0 heterocycles. The van der Waals surface area contributed by atoms with Crippen molar-refractivity contribution in [3.8, 4) is 5.75 Å². The van der Waals surface area contributed by atoms with Gasteiger partial charge in [-0.2, -0.15) is 0 Å². The third-order valence-electron chi connectivity index (χ3n) is 4.37. The van der Waals surface area contributed by atoms with Crippen molar-refractivity contribution in [2.45, 2.75) is 59.0 Å². The van der Waals surface area contributed by atoms with Gasteiger partial charge < -0.3 is 10.4 Å². The number of aryl methyl sites for hydroxylation is 1. The van der Waals surface area contributed by atoms with E-state index in [1.165, 1.54) is 25.7 Å². The summed E-state index contributed by atoms with van der Waals surface area (Å²) in [6, 6.07) is 6.53. The fourth-order valence-electron chi connectivity index (χ4n) is 2.97. The molecule has 1 aromatic carbocycles. The van der Waals surface area contributed by atoms with Crippen molar-refractivity contribution in [2.24, 2.45) is 5.41 Å². The molecule has 2 nitrogen and oxygen atoms in total. The van der Waals surface area contributed by atoms with Crippen LogP contribution in [0.2, 0.25) is 0 Å².